The summed E-state index contributed by atoms with van der Waals surface area (Å²) < 4.78 is 6.19. The molecule has 3 aromatic carbocycles. The predicted molar refractivity (Wildman–Crippen MR) is 116 cm³/mol. The number of nitro groups is 1. The highest BCUT2D eigenvalue weighted by Gasteiger charge is 2.32. The van der Waals surface area contributed by atoms with E-state index in [1.165, 1.54) is 6.07 Å². The second-order valence-corrected chi connectivity index (χ2v) is 7.56. The third-order valence-electron chi connectivity index (χ3n) is 5.22. The molecule has 1 atom stereocenters. The van der Waals surface area contributed by atoms with Crippen LogP contribution in [-0.4, -0.2) is 10.7 Å². The Hall–Kier alpha value is -3.73. The molecule has 0 aromatic heterocycles. The summed E-state index contributed by atoms with van der Waals surface area (Å²) in [5.74, 6) is 0.423. The Morgan fingerprint density at radius 2 is 1.70 bits per heavy atom. The van der Waals surface area contributed by atoms with Crippen molar-refractivity contribution in [2.45, 2.75) is 25.9 Å². The smallest absolute Gasteiger partial charge is 0.273 e. The first-order valence-electron chi connectivity index (χ1n) is 9.81. The second-order valence-electron chi connectivity index (χ2n) is 7.56. The third-order valence-corrected chi connectivity index (χ3v) is 5.22. The van der Waals surface area contributed by atoms with Crippen molar-refractivity contribution in [2.24, 2.45) is 0 Å². The van der Waals surface area contributed by atoms with E-state index in [-0.39, 0.29) is 22.3 Å². The van der Waals surface area contributed by atoms with Crippen LogP contribution in [0.1, 0.15) is 52.9 Å². The van der Waals surface area contributed by atoms with Gasteiger partial charge in [0.25, 0.3) is 5.69 Å². The molecule has 150 valence electrons. The zero-order valence-electron chi connectivity index (χ0n) is 16.7. The molecule has 4 rings (SSSR count). The molecule has 3 aromatic rings. The van der Waals surface area contributed by atoms with Crippen LogP contribution in [0, 0.1) is 10.1 Å². The van der Waals surface area contributed by atoms with Gasteiger partial charge in [0.2, 0.25) is 0 Å². The van der Waals surface area contributed by atoms with E-state index in [0.29, 0.717) is 28.0 Å². The molecular weight excluding hydrogens is 378 g/mol. The minimum Gasteiger partial charge on any atom is -0.480 e. The molecule has 0 amide bonds. The van der Waals surface area contributed by atoms with Gasteiger partial charge in [0.15, 0.2) is 11.9 Å². The van der Waals surface area contributed by atoms with Crippen molar-refractivity contribution in [3.63, 3.8) is 0 Å². The number of ether oxygens (including phenoxy) is 1. The van der Waals surface area contributed by atoms with Crippen LogP contribution < -0.4 is 4.74 Å². The summed E-state index contributed by atoms with van der Waals surface area (Å²) >= 11 is 0. The van der Waals surface area contributed by atoms with E-state index in [4.69, 9.17) is 4.74 Å². The first kappa shape index (κ1) is 19.6. The van der Waals surface area contributed by atoms with Crippen molar-refractivity contribution in [3.05, 3.63) is 111 Å². The summed E-state index contributed by atoms with van der Waals surface area (Å²) in [7, 11) is 0. The van der Waals surface area contributed by atoms with Crippen molar-refractivity contribution in [1.29, 1.82) is 0 Å². The molecule has 1 aliphatic heterocycles. The highest BCUT2D eigenvalue weighted by Crippen LogP contribution is 2.39. The van der Waals surface area contributed by atoms with Crippen LogP contribution in [0.2, 0.25) is 0 Å². The summed E-state index contributed by atoms with van der Waals surface area (Å²) in [5, 5.41) is 11.6. The highest BCUT2D eigenvalue weighted by molar-refractivity contribution is 6.14. The average Bonchev–Trinajstić information content (AvgIpc) is 2.76. The van der Waals surface area contributed by atoms with Crippen LogP contribution >= 0.6 is 0 Å². The number of benzene rings is 3. The fourth-order valence-corrected chi connectivity index (χ4v) is 3.72. The van der Waals surface area contributed by atoms with Gasteiger partial charge in [-0.3, -0.25) is 14.9 Å². The first-order chi connectivity index (χ1) is 14.5. The van der Waals surface area contributed by atoms with Gasteiger partial charge in [0.05, 0.1) is 10.5 Å². The Kier molecular flexibility index (Phi) is 5.19. The Morgan fingerprint density at radius 3 is 2.40 bits per heavy atom. The number of fused-ring (bicyclic) bond motifs is 1. The molecule has 30 heavy (non-hydrogen) atoms. The van der Waals surface area contributed by atoms with E-state index in [1.54, 1.807) is 30.3 Å². The van der Waals surface area contributed by atoms with E-state index in [0.717, 1.165) is 5.56 Å². The first-order valence-corrected chi connectivity index (χ1v) is 9.81. The number of ketones is 1. The Balaban J connectivity index is 1.86. The average molecular weight is 399 g/mol. The number of para-hydroxylation sites is 1. The Labute approximate surface area is 174 Å². The highest BCUT2D eigenvalue weighted by atomic mass is 16.6. The molecule has 5 heteroatoms. The van der Waals surface area contributed by atoms with E-state index in [2.05, 4.69) is 0 Å². The van der Waals surface area contributed by atoms with Crippen molar-refractivity contribution in [3.8, 4) is 5.75 Å². The zero-order chi connectivity index (χ0) is 21.3. The van der Waals surface area contributed by atoms with Gasteiger partial charge in [-0.2, -0.15) is 0 Å². The zero-order valence-corrected chi connectivity index (χ0v) is 16.7. The van der Waals surface area contributed by atoms with Gasteiger partial charge in [-0.1, -0.05) is 68.4 Å². The van der Waals surface area contributed by atoms with Gasteiger partial charge in [0, 0.05) is 17.2 Å². The van der Waals surface area contributed by atoms with Gasteiger partial charge < -0.3 is 4.74 Å². The maximum atomic E-state index is 13.3. The standard InChI is InChI=1S/C25H21NO4/c1-16(2)19-13-12-17(15-22(19)26(28)29)14-21-24(27)20-10-6-7-11-23(20)30-25(21)18-8-4-3-5-9-18/h3-16,25H,1-2H3/b21-14-/t25-/m0/s1. The maximum absolute atomic E-state index is 13.3. The lowest BCUT2D eigenvalue weighted by Gasteiger charge is -2.28. The summed E-state index contributed by atoms with van der Waals surface area (Å²) in [6, 6.07) is 21.7. The molecule has 0 spiro atoms. The SMILES string of the molecule is CC(C)c1ccc(/C=C2/C(=O)c3ccccc3O[C@H]2c2ccccc2)cc1[N+](=O)[O-]. The number of nitro benzene ring substituents is 1. The van der Waals surface area contributed by atoms with Gasteiger partial charge in [0.1, 0.15) is 5.75 Å². The monoisotopic (exact) mass is 399 g/mol. The van der Waals surface area contributed by atoms with Gasteiger partial charge in [-0.25, -0.2) is 0 Å². The molecule has 0 saturated heterocycles. The molecule has 0 N–H and O–H groups in total. The van der Waals surface area contributed by atoms with Gasteiger partial charge >= 0.3 is 0 Å². The molecule has 5 nitrogen and oxygen atoms in total. The molecule has 0 fully saturated rings. The number of hydrogen-bond donors (Lipinski definition) is 0. The predicted octanol–water partition coefficient (Wildman–Crippen LogP) is 6.12. The van der Waals surface area contributed by atoms with E-state index in [9.17, 15) is 14.9 Å². The Morgan fingerprint density at radius 1 is 1.00 bits per heavy atom. The number of rotatable bonds is 4. The van der Waals surface area contributed by atoms with E-state index < -0.39 is 6.10 Å². The van der Waals surface area contributed by atoms with Gasteiger partial charge in [-0.15, -0.1) is 0 Å². The summed E-state index contributed by atoms with van der Waals surface area (Å²) in [6.45, 7) is 3.84. The number of carbonyl (C=O) groups excluding carboxylic acids is 1. The molecule has 0 radical (unpaired) electrons. The normalized spacial score (nSPS) is 17.0. The fraction of sp³-hybridized carbons (Fsp3) is 0.160. The quantitative estimate of drug-likeness (QED) is 0.301. The number of hydrogen-bond acceptors (Lipinski definition) is 4. The number of nitrogens with zero attached hydrogens (tertiary/aromatic N) is 1. The van der Waals surface area contributed by atoms with Crippen LogP contribution in [0.4, 0.5) is 5.69 Å². The van der Waals surface area contributed by atoms with Crippen molar-refractivity contribution >= 4 is 17.5 Å². The maximum Gasteiger partial charge on any atom is 0.273 e. The topological polar surface area (TPSA) is 69.4 Å². The van der Waals surface area contributed by atoms with Crippen LogP contribution in [0.15, 0.2) is 78.4 Å². The van der Waals surface area contributed by atoms with E-state index in [1.807, 2.05) is 56.3 Å². The third kappa shape index (κ3) is 3.62. The molecular formula is C25H21NO4. The lowest BCUT2D eigenvalue weighted by molar-refractivity contribution is -0.385. The molecule has 0 saturated carbocycles. The lowest BCUT2D eigenvalue weighted by atomic mass is 9.89. The van der Waals surface area contributed by atoms with Crippen molar-refractivity contribution in [1.82, 2.24) is 0 Å². The van der Waals surface area contributed by atoms with E-state index >= 15 is 0 Å². The minimum absolute atomic E-state index is 0.0238. The summed E-state index contributed by atoms with van der Waals surface area (Å²) in [4.78, 5) is 24.5. The second kappa shape index (κ2) is 7.95. The number of Topliss-reactive ketones (excluding diaryl/α,β-unsaturated/α-hetero) is 1. The van der Waals surface area contributed by atoms with Crippen LogP contribution in [-0.2, 0) is 0 Å². The van der Waals surface area contributed by atoms with Crippen LogP contribution in [0.3, 0.4) is 0 Å². The largest absolute Gasteiger partial charge is 0.480 e. The van der Waals surface area contributed by atoms with Crippen molar-refractivity contribution in [2.75, 3.05) is 0 Å². The minimum atomic E-state index is -0.586. The van der Waals surface area contributed by atoms with Crippen molar-refractivity contribution < 1.29 is 14.5 Å². The Bertz CT molecular complexity index is 1150. The lowest BCUT2D eigenvalue weighted by Crippen LogP contribution is -2.23. The summed E-state index contributed by atoms with van der Waals surface area (Å²) in [6.07, 6.45) is 1.12. The van der Waals surface area contributed by atoms with Crippen LogP contribution in [0.25, 0.3) is 6.08 Å². The number of carbonyl (C=O) groups is 1. The molecule has 0 unspecified atom stereocenters. The summed E-state index contributed by atoms with van der Waals surface area (Å²) in [5.41, 5.74) is 3.10. The molecule has 0 aliphatic carbocycles. The molecule has 0 bridgehead atoms. The molecule has 1 heterocycles. The van der Waals surface area contributed by atoms with Crippen LogP contribution in [0.5, 0.6) is 5.75 Å². The molecule has 1 aliphatic rings. The van der Waals surface area contributed by atoms with Gasteiger partial charge in [-0.05, 0) is 35.3 Å². The fourth-order valence-electron chi connectivity index (χ4n) is 3.72.